The summed E-state index contributed by atoms with van der Waals surface area (Å²) in [5.41, 5.74) is 1.64. The van der Waals surface area contributed by atoms with Crippen molar-refractivity contribution in [3.8, 4) is 0 Å². The lowest BCUT2D eigenvalue weighted by Crippen LogP contribution is -2.16. The standard InChI is InChI=1S/C16H23NO4/c1-11(2)21-9-8-15(18)17-14-6-4-13(5-7-14)10-12(3)16(19)20/h4-7,11-12H,8-10H2,1-3H3,(H,17,18)(H,19,20). The number of aliphatic carboxylic acids is 1. The quantitative estimate of drug-likeness (QED) is 0.772. The van der Waals surface area contributed by atoms with E-state index in [4.69, 9.17) is 9.84 Å². The van der Waals surface area contributed by atoms with E-state index in [0.29, 0.717) is 25.1 Å². The molecular weight excluding hydrogens is 270 g/mol. The molecule has 0 bridgehead atoms. The lowest BCUT2D eigenvalue weighted by atomic mass is 10.0. The second-order valence-corrected chi connectivity index (χ2v) is 5.36. The molecule has 21 heavy (non-hydrogen) atoms. The summed E-state index contributed by atoms with van der Waals surface area (Å²) in [6.07, 6.45) is 0.912. The monoisotopic (exact) mass is 293 g/mol. The highest BCUT2D eigenvalue weighted by Crippen LogP contribution is 2.13. The van der Waals surface area contributed by atoms with Gasteiger partial charge in [-0.15, -0.1) is 0 Å². The summed E-state index contributed by atoms with van der Waals surface area (Å²) in [7, 11) is 0. The number of carboxylic acid groups (broad SMARTS) is 1. The maximum atomic E-state index is 11.7. The van der Waals surface area contributed by atoms with Gasteiger partial charge in [-0.05, 0) is 38.0 Å². The van der Waals surface area contributed by atoms with Crippen molar-refractivity contribution < 1.29 is 19.4 Å². The minimum atomic E-state index is -0.808. The van der Waals surface area contributed by atoms with Crippen molar-refractivity contribution in [1.82, 2.24) is 0 Å². The van der Waals surface area contributed by atoms with Gasteiger partial charge in [0.15, 0.2) is 0 Å². The van der Waals surface area contributed by atoms with Crippen LogP contribution in [-0.4, -0.2) is 29.7 Å². The van der Waals surface area contributed by atoms with Crippen LogP contribution in [0.15, 0.2) is 24.3 Å². The van der Waals surface area contributed by atoms with Crippen LogP contribution in [0.2, 0.25) is 0 Å². The molecular formula is C16H23NO4. The Kier molecular flexibility index (Phi) is 6.88. The Morgan fingerprint density at radius 3 is 2.33 bits per heavy atom. The molecule has 1 rings (SSSR count). The third-order valence-electron chi connectivity index (χ3n) is 2.98. The highest BCUT2D eigenvalue weighted by molar-refractivity contribution is 5.90. The summed E-state index contributed by atoms with van der Waals surface area (Å²) < 4.78 is 5.32. The molecule has 1 aromatic carbocycles. The normalized spacial score (nSPS) is 12.2. The maximum absolute atomic E-state index is 11.7. The van der Waals surface area contributed by atoms with Crippen LogP contribution in [0.25, 0.3) is 0 Å². The van der Waals surface area contributed by atoms with Crippen molar-refractivity contribution in [3.63, 3.8) is 0 Å². The highest BCUT2D eigenvalue weighted by atomic mass is 16.5. The van der Waals surface area contributed by atoms with E-state index in [2.05, 4.69) is 5.32 Å². The average Bonchev–Trinajstić information content (AvgIpc) is 2.40. The number of rotatable bonds is 8. The molecule has 0 radical (unpaired) electrons. The molecule has 0 saturated heterocycles. The molecule has 0 saturated carbocycles. The topological polar surface area (TPSA) is 75.6 Å². The molecule has 0 fully saturated rings. The number of carbonyl (C=O) groups excluding carboxylic acids is 1. The molecule has 0 aliphatic heterocycles. The number of ether oxygens (including phenoxy) is 1. The zero-order valence-corrected chi connectivity index (χ0v) is 12.8. The molecule has 5 nitrogen and oxygen atoms in total. The molecule has 116 valence electrons. The third kappa shape index (κ3) is 6.90. The van der Waals surface area contributed by atoms with Gasteiger partial charge < -0.3 is 15.2 Å². The number of nitrogens with one attached hydrogen (secondary N) is 1. The third-order valence-corrected chi connectivity index (χ3v) is 2.98. The van der Waals surface area contributed by atoms with E-state index < -0.39 is 11.9 Å². The van der Waals surface area contributed by atoms with E-state index in [1.54, 1.807) is 19.1 Å². The van der Waals surface area contributed by atoms with E-state index in [9.17, 15) is 9.59 Å². The first kappa shape index (κ1) is 17.2. The maximum Gasteiger partial charge on any atom is 0.306 e. The summed E-state index contributed by atoms with van der Waals surface area (Å²) in [4.78, 5) is 22.5. The summed E-state index contributed by atoms with van der Waals surface area (Å²) in [5, 5.41) is 11.7. The second-order valence-electron chi connectivity index (χ2n) is 5.36. The molecule has 0 aliphatic carbocycles. The van der Waals surface area contributed by atoms with Crippen LogP contribution in [0.3, 0.4) is 0 Å². The zero-order chi connectivity index (χ0) is 15.8. The van der Waals surface area contributed by atoms with Gasteiger partial charge in [0.1, 0.15) is 0 Å². The molecule has 0 aromatic heterocycles. The lowest BCUT2D eigenvalue weighted by molar-refractivity contribution is -0.141. The summed E-state index contributed by atoms with van der Waals surface area (Å²) in [5.74, 6) is -1.32. The Morgan fingerprint density at radius 2 is 1.81 bits per heavy atom. The molecule has 1 unspecified atom stereocenters. The number of benzene rings is 1. The Labute approximate surface area is 125 Å². The summed E-state index contributed by atoms with van der Waals surface area (Å²) in [6.45, 7) is 5.92. The van der Waals surface area contributed by atoms with Gasteiger partial charge in [-0.2, -0.15) is 0 Å². The van der Waals surface area contributed by atoms with Crippen LogP contribution in [-0.2, 0) is 20.7 Å². The number of carboxylic acids is 1. The van der Waals surface area contributed by atoms with E-state index in [0.717, 1.165) is 5.56 Å². The SMILES string of the molecule is CC(C)OCCC(=O)Nc1ccc(CC(C)C(=O)O)cc1. The second kappa shape index (κ2) is 8.42. The van der Waals surface area contributed by atoms with Gasteiger partial charge in [0.05, 0.1) is 25.0 Å². The minimum Gasteiger partial charge on any atom is -0.481 e. The Balaban J connectivity index is 2.43. The number of amides is 1. The van der Waals surface area contributed by atoms with Crippen molar-refractivity contribution in [2.24, 2.45) is 5.92 Å². The largest absolute Gasteiger partial charge is 0.481 e. The highest BCUT2D eigenvalue weighted by Gasteiger charge is 2.11. The van der Waals surface area contributed by atoms with E-state index in [1.165, 1.54) is 0 Å². The first-order valence-electron chi connectivity index (χ1n) is 7.11. The average molecular weight is 293 g/mol. The molecule has 2 N–H and O–H groups in total. The fraction of sp³-hybridized carbons (Fsp3) is 0.500. The molecule has 0 spiro atoms. The molecule has 5 heteroatoms. The van der Waals surface area contributed by atoms with Gasteiger partial charge in [-0.1, -0.05) is 19.1 Å². The molecule has 1 amide bonds. The van der Waals surface area contributed by atoms with Crippen molar-refractivity contribution in [2.75, 3.05) is 11.9 Å². The van der Waals surface area contributed by atoms with Gasteiger partial charge >= 0.3 is 5.97 Å². The van der Waals surface area contributed by atoms with Crippen LogP contribution >= 0.6 is 0 Å². The van der Waals surface area contributed by atoms with Crippen molar-refractivity contribution in [2.45, 2.75) is 39.7 Å². The van der Waals surface area contributed by atoms with Gasteiger partial charge in [-0.3, -0.25) is 9.59 Å². The first-order chi connectivity index (χ1) is 9.88. The number of carbonyl (C=O) groups is 2. The van der Waals surface area contributed by atoms with E-state index >= 15 is 0 Å². The van der Waals surface area contributed by atoms with Gasteiger partial charge in [0, 0.05) is 5.69 Å². The zero-order valence-electron chi connectivity index (χ0n) is 12.8. The Morgan fingerprint density at radius 1 is 1.19 bits per heavy atom. The smallest absolute Gasteiger partial charge is 0.306 e. The van der Waals surface area contributed by atoms with Crippen molar-refractivity contribution in [3.05, 3.63) is 29.8 Å². The number of hydrogen-bond acceptors (Lipinski definition) is 3. The van der Waals surface area contributed by atoms with Crippen molar-refractivity contribution >= 4 is 17.6 Å². The van der Waals surface area contributed by atoms with Crippen molar-refractivity contribution in [1.29, 1.82) is 0 Å². The van der Waals surface area contributed by atoms with Crippen LogP contribution in [0, 0.1) is 5.92 Å². The van der Waals surface area contributed by atoms with Crippen LogP contribution in [0.5, 0.6) is 0 Å². The van der Waals surface area contributed by atoms with E-state index in [-0.39, 0.29) is 12.0 Å². The molecule has 0 aliphatic rings. The first-order valence-corrected chi connectivity index (χ1v) is 7.11. The Hall–Kier alpha value is -1.88. The van der Waals surface area contributed by atoms with Crippen LogP contribution in [0.4, 0.5) is 5.69 Å². The van der Waals surface area contributed by atoms with E-state index in [1.807, 2.05) is 26.0 Å². The summed E-state index contributed by atoms with van der Waals surface area (Å²) >= 11 is 0. The lowest BCUT2D eigenvalue weighted by Gasteiger charge is -2.09. The Bertz CT molecular complexity index is 468. The predicted octanol–water partition coefficient (Wildman–Crippen LogP) is 2.70. The molecule has 0 heterocycles. The minimum absolute atomic E-state index is 0.0951. The number of hydrogen-bond donors (Lipinski definition) is 2. The summed E-state index contributed by atoms with van der Waals surface area (Å²) in [6, 6.07) is 7.23. The van der Waals surface area contributed by atoms with Gasteiger partial charge in [0.25, 0.3) is 0 Å². The molecule has 1 aromatic rings. The van der Waals surface area contributed by atoms with Gasteiger partial charge in [0.2, 0.25) is 5.91 Å². The van der Waals surface area contributed by atoms with Crippen LogP contribution in [0.1, 0.15) is 32.8 Å². The predicted molar refractivity (Wildman–Crippen MR) is 81.3 cm³/mol. The molecule has 1 atom stereocenters. The van der Waals surface area contributed by atoms with Crippen LogP contribution < -0.4 is 5.32 Å². The van der Waals surface area contributed by atoms with Gasteiger partial charge in [-0.25, -0.2) is 0 Å². The number of anilines is 1. The fourth-order valence-corrected chi connectivity index (χ4v) is 1.78. The fourth-order valence-electron chi connectivity index (χ4n) is 1.78.